The van der Waals surface area contributed by atoms with Crippen molar-refractivity contribution in [1.82, 2.24) is 13.9 Å². The second-order valence-corrected chi connectivity index (χ2v) is 9.91. The fraction of sp³-hybridized carbons (Fsp3) is 0.318. The highest BCUT2D eigenvalue weighted by Gasteiger charge is 2.28. The van der Waals surface area contributed by atoms with Crippen molar-refractivity contribution in [1.29, 1.82) is 0 Å². The van der Waals surface area contributed by atoms with E-state index in [9.17, 15) is 21.6 Å². The highest BCUT2D eigenvalue weighted by molar-refractivity contribution is 7.89. The van der Waals surface area contributed by atoms with Crippen LogP contribution in [0.15, 0.2) is 53.2 Å². The van der Waals surface area contributed by atoms with Gasteiger partial charge in [0.1, 0.15) is 11.5 Å². The molecule has 32 heavy (non-hydrogen) atoms. The number of allylic oxidation sites excluding steroid dienone is 1. The SMILES string of the molecule is Cc1c(-c2cccc(S(=O)(=O)N(C)C)c2)c2nc(C(C)(F)F)ccc2n1C/C(F)=C/C[NH3+]. The molecule has 3 rings (SSSR count). The maximum atomic E-state index is 14.4. The first kappa shape index (κ1) is 24.0. The van der Waals surface area contributed by atoms with Crippen molar-refractivity contribution in [2.24, 2.45) is 0 Å². The van der Waals surface area contributed by atoms with Crippen LogP contribution in [0.4, 0.5) is 13.2 Å². The summed E-state index contributed by atoms with van der Waals surface area (Å²) >= 11 is 0. The number of quaternary nitrogens is 1. The van der Waals surface area contributed by atoms with Gasteiger partial charge in [-0.2, -0.15) is 8.78 Å². The second-order valence-electron chi connectivity index (χ2n) is 7.75. The van der Waals surface area contributed by atoms with Gasteiger partial charge in [0, 0.05) is 38.4 Å². The van der Waals surface area contributed by atoms with Crippen molar-refractivity contribution < 1.29 is 27.3 Å². The lowest BCUT2D eigenvalue weighted by Gasteiger charge is -2.13. The van der Waals surface area contributed by atoms with Gasteiger partial charge in [0.2, 0.25) is 10.0 Å². The van der Waals surface area contributed by atoms with Gasteiger partial charge in [0.25, 0.3) is 5.92 Å². The number of rotatable bonds is 7. The first-order chi connectivity index (χ1) is 14.9. The van der Waals surface area contributed by atoms with E-state index in [-0.39, 0.29) is 23.5 Å². The van der Waals surface area contributed by atoms with Crippen LogP contribution in [-0.4, -0.2) is 42.9 Å². The zero-order valence-electron chi connectivity index (χ0n) is 18.4. The van der Waals surface area contributed by atoms with Crippen LogP contribution in [0.2, 0.25) is 0 Å². The largest absolute Gasteiger partial charge is 0.354 e. The zero-order chi connectivity index (χ0) is 23.8. The quantitative estimate of drug-likeness (QED) is 0.578. The van der Waals surface area contributed by atoms with E-state index in [1.54, 1.807) is 23.6 Å². The number of nitrogens with zero attached hydrogens (tertiary/aromatic N) is 3. The Kier molecular flexibility index (Phi) is 6.50. The lowest BCUT2D eigenvalue weighted by Crippen LogP contribution is -2.49. The fourth-order valence-electron chi connectivity index (χ4n) is 3.53. The molecule has 2 heterocycles. The second kappa shape index (κ2) is 8.68. The number of hydrogen-bond donors (Lipinski definition) is 1. The third kappa shape index (κ3) is 4.43. The summed E-state index contributed by atoms with van der Waals surface area (Å²) in [6.07, 6.45) is 1.34. The molecule has 0 aliphatic heterocycles. The summed E-state index contributed by atoms with van der Waals surface area (Å²) in [7, 11) is -0.865. The summed E-state index contributed by atoms with van der Waals surface area (Å²) < 4.78 is 70.4. The molecule has 0 spiro atoms. The lowest BCUT2D eigenvalue weighted by atomic mass is 10.0. The molecule has 3 aromatic rings. The van der Waals surface area contributed by atoms with Crippen LogP contribution in [-0.2, 0) is 22.5 Å². The summed E-state index contributed by atoms with van der Waals surface area (Å²) in [5.41, 5.74) is 5.45. The third-order valence-electron chi connectivity index (χ3n) is 5.19. The van der Waals surface area contributed by atoms with Crippen LogP contribution >= 0.6 is 0 Å². The van der Waals surface area contributed by atoms with Crippen molar-refractivity contribution in [2.75, 3.05) is 20.6 Å². The first-order valence-corrected chi connectivity index (χ1v) is 11.4. The summed E-state index contributed by atoms with van der Waals surface area (Å²) in [4.78, 5) is 4.26. The van der Waals surface area contributed by atoms with Crippen LogP contribution in [0.1, 0.15) is 18.3 Å². The molecular weight excluding hydrogens is 441 g/mol. The minimum atomic E-state index is -3.71. The molecule has 0 aliphatic rings. The van der Waals surface area contributed by atoms with Crippen LogP contribution in [0, 0.1) is 6.92 Å². The normalized spacial score (nSPS) is 13.3. The first-order valence-electron chi connectivity index (χ1n) is 9.92. The number of hydrogen-bond acceptors (Lipinski definition) is 3. The third-order valence-corrected chi connectivity index (χ3v) is 7.01. The Labute approximate surface area is 185 Å². The average molecular weight is 468 g/mol. The molecular formula is C22H26F3N4O2S+. The molecule has 0 atom stereocenters. The van der Waals surface area contributed by atoms with Crippen molar-refractivity contribution >= 4 is 21.1 Å². The lowest BCUT2D eigenvalue weighted by molar-refractivity contribution is -0.353. The molecule has 0 bridgehead atoms. The molecule has 10 heteroatoms. The number of alkyl halides is 2. The van der Waals surface area contributed by atoms with E-state index in [4.69, 9.17) is 0 Å². The fourth-order valence-corrected chi connectivity index (χ4v) is 4.48. The Hall–Kier alpha value is -2.69. The van der Waals surface area contributed by atoms with Crippen LogP contribution < -0.4 is 5.73 Å². The molecule has 0 saturated heterocycles. The highest BCUT2D eigenvalue weighted by Crippen LogP contribution is 2.37. The van der Waals surface area contributed by atoms with Crippen LogP contribution in [0.3, 0.4) is 0 Å². The molecule has 0 unspecified atom stereocenters. The standard InChI is InChI=1S/C22H25F3N4O2S/c1-14-20(15-6-5-7-17(12-15)32(30,31)28(3)4)21-18(29(14)13-16(23)10-11-26)8-9-19(27-21)22(2,24)25/h5-10,12H,11,13,26H2,1-4H3/p+1/b16-10-. The number of pyridine rings is 1. The molecule has 0 aliphatic carbocycles. The van der Waals surface area contributed by atoms with Gasteiger partial charge >= 0.3 is 0 Å². The Bertz CT molecular complexity index is 1290. The van der Waals surface area contributed by atoms with Crippen molar-refractivity contribution in [3.63, 3.8) is 0 Å². The molecule has 3 N–H and O–H groups in total. The van der Waals surface area contributed by atoms with E-state index in [1.165, 1.54) is 44.4 Å². The van der Waals surface area contributed by atoms with Gasteiger partial charge in [-0.3, -0.25) is 0 Å². The van der Waals surface area contributed by atoms with Crippen molar-refractivity contribution in [3.05, 3.63) is 59.7 Å². The molecule has 172 valence electrons. The maximum absolute atomic E-state index is 14.4. The van der Waals surface area contributed by atoms with E-state index in [0.717, 1.165) is 11.2 Å². The van der Waals surface area contributed by atoms with Crippen molar-refractivity contribution in [2.45, 2.75) is 31.2 Å². The van der Waals surface area contributed by atoms with Crippen LogP contribution in [0.5, 0.6) is 0 Å². The Morgan fingerprint density at radius 1 is 1.25 bits per heavy atom. The topological polar surface area (TPSA) is 82.8 Å². The Morgan fingerprint density at radius 2 is 1.94 bits per heavy atom. The smallest absolute Gasteiger partial charge is 0.286 e. The molecule has 2 aromatic heterocycles. The predicted octanol–water partition coefficient (Wildman–Crippen LogP) is 3.47. The Morgan fingerprint density at radius 3 is 2.53 bits per heavy atom. The minimum absolute atomic E-state index is 0.0559. The average Bonchev–Trinajstić information content (AvgIpc) is 2.98. The van der Waals surface area contributed by atoms with E-state index in [2.05, 4.69) is 10.7 Å². The van der Waals surface area contributed by atoms with E-state index < -0.39 is 27.5 Å². The molecule has 6 nitrogen and oxygen atoms in total. The van der Waals surface area contributed by atoms with Crippen molar-refractivity contribution in [3.8, 4) is 11.1 Å². The minimum Gasteiger partial charge on any atom is -0.354 e. The molecule has 1 aromatic carbocycles. The number of aromatic nitrogens is 2. The summed E-state index contributed by atoms with van der Waals surface area (Å²) in [6.45, 7) is 2.64. The van der Waals surface area contributed by atoms with Gasteiger partial charge in [-0.25, -0.2) is 22.1 Å². The Balaban J connectivity index is 2.33. The summed E-state index contributed by atoms with van der Waals surface area (Å²) in [5, 5.41) is 0. The van der Waals surface area contributed by atoms with Gasteiger partial charge in [-0.1, -0.05) is 12.1 Å². The molecule has 0 amide bonds. The maximum Gasteiger partial charge on any atom is 0.286 e. The van der Waals surface area contributed by atoms with Gasteiger partial charge in [-0.15, -0.1) is 0 Å². The highest BCUT2D eigenvalue weighted by atomic mass is 32.2. The molecule has 0 fully saturated rings. The van der Waals surface area contributed by atoms with E-state index in [0.29, 0.717) is 22.3 Å². The van der Waals surface area contributed by atoms with Crippen LogP contribution in [0.25, 0.3) is 22.2 Å². The number of fused-ring (bicyclic) bond motifs is 1. The van der Waals surface area contributed by atoms with Gasteiger partial charge in [-0.05, 0) is 36.8 Å². The summed E-state index contributed by atoms with van der Waals surface area (Å²) in [6, 6.07) is 8.91. The van der Waals surface area contributed by atoms with Gasteiger partial charge in [0.05, 0.1) is 29.0 Å². The van der Waals surface area contributed by atoms with E-state index >= 15 is 0 Å². The summed E-state index contributed by atoms with van der Waals surface area (Å²) in [5.74, 6) is -3.59. The molecule has 0 radical (unpaired) electrons. The zero-order valence-corrected chi connectivity index (χ0v) is 19.2. The van der Waals surface area contributed by atoms with E-state index in [1.807, 2.05) is 0 Å². The predicted molar refractivity (Wildman–Crippen MR) is 117 cm³/mol. The monoisotopic (exact) mass is 467 g/mol. The number of benzene rings is 1. The van der Waals surface area contributed by atoms with Gasteiger partial charge < -0.3 is 10.3 Å². The molecule has 0 saturated carbocycles. The van der Waals surface area contributed by atoms with Gasteiger partial charge in [0.15, 0.2) is 0 Å². The number of halogens is 3. The number of sulfonamides is 1.